The minimum absolute atomic E-state index is 0.0541. The number of ether oxygens (including phenoxy) is 2. The minimum Gasteiger partial charge on any atom is -0.457 e. The molecule has 0 unspecified atom stereocenters. The third-order valence-corrected chi connectivity index (χ3v) is 16.8. The lowest BCUT2D eigenvalue weighted by atomic mass is 9.90. The first-order chi connectivity index (χ1) is 28.4. The molecule has 5 aromatic rings. The molecule has 4 atom stereocenters. The summed E-state index contributed by atoms with van der Waals surface area (Å²) in [7, 11) is -7.67. The second-order valence-electron chi connectivity index (χ2n) is 16.0. The van der Waals surface area contributed by atoms with Crippen LogP contribution in [0.5, 0.6) is 0 Å². The molecule has 1 saturated heterocycles. The number of esters is 1. The molecule has 2 aromatic heterocycles. The number of H-pyrrole nitrogens is 1. The number of amides is 1. The van der Waals surface area contributed by atoms with E-state index in [-0.39, 0.29) is 35.0 Å². The van der Waals surface area contributed by atoms with E-state index in [1.807, 2.05) is 67.6 Å². The van der Waals surface area contributed by atoms with Crippen molar-refractivity contribution in [2.75, 3.05) is 18.5 Å². The summed E-state index contributed by atoms with van der Waals surface area (Å²) in [6.07, 6.45) is -1.78. The molecule has 3 heterocycles. The van der Waals surface area contributed by atoms with Crippen LogP contribution < -0.4 is 21.2 Å². The van der Waals surface area contributed by atoms with Gasteiger partial charge in [-0.25, -0.2) is 4.98 Å². The van der Waals surface area contributed by atoms with E-state index >= 15 is 0 Å². The number of carbonyl (C=O) groups is 2. The molecule has 2 N–H and O–H groups in total. The molecule has 0 spiro atoms. The number of imidazole rings is 1. The van der Waals surface area contributed by atoms with Gasteiger partial charge in [-0.3, -0.25) is 33.4 Å². The monoisotopic (exact) mass is 856 g/mol. The maximum Gasteiger partial charge on any atom is 0.303 e. The first kappa shape index (κ1) is 43.9. The fourth-order valence-corrected chi connectivity index (χ4v) is 13.0. The number of carbonyl (C=O) groups excluding carboxylic acids is 2. The predicted molar refractivity (Wildman–Crippen MR) is 225 cm³/mol. The Labute approximate surface area is 348 Å². The zero-order valence-electron chi connectivity index (χ0n) is 34.4. The van der Waals surface area contributed by atoms with Crippen LogP contribution in [-0.4, -0.2) is 79.1 Å². The number of rotatable bonds is 15. The fourth-order valence-electron chi connectivity index (χ4n) is 7.51. The van der Waals surface area contributed by atoms with Gasteiger partial charge in [-0.1, -0.05) is 118 Å². The molecule has 1 aliphatic heterocycles. The van der Waals surface area contributed by atoms with E-state index in [1.165, 1.54) is 30.0 Å². The number of azide groups is 1. The van der Waals surface area contributed by atoms with Crippen LogP contribution in [0.15, 0.2) is 106 Å². The number of aromatic amines is 1. The number of hydrogen-bond acceptors (Lipinski definition) is 12. The molecule has 0 radical (unpaired) electrons. The van der Waals surface area contributed by atoms with Crippen molar-refractivity contribution in [3.05, 3.63) is 118 Å². The van der Waals surface area contributed by atoms with E-state index < -0.39 is 77.4 Å². The summed E-state index contributed by atoms with van der Waals surface area (Å²) < 4.78 is 54.2. The maximum absolute atomic E-state index is 13.5. The number of benzene rings is 3. The fraction of sp³-hybridized carbons (Fsp3) is 0.390. The molecule has 0 aliphatic carbocycles. The molecule has 1 aliphatic rings. The van der Waals surface area contributed by atoms with Crippen molar-refractivity contribution in [3.63, 3.8) is 0 Å². The maximum atomic E-state index is 13.5. The van der Waals surface area contributed by atoms with Gasteiger partial charge in [-0.05, 0) is 40.0 Å². The smallest absolute Gasteiger partial charge is 0.303 e. The average molecular weight is 857 g/mol. The first-order valence-electron chi connectivity index (χ1n) is 19.3. The van der Waals surface area contributed by atoms with Crippen LogP contribution in [0, 0.1) is 12.8 Å². The number of nitrogens with one attached hydrogen (secondary N) is 2. The predicted octanol–water partition coefficient (Wildman–Crippen LogP) is 5.27. The van der Waals surface area contributed by atoms with E-state index in [1.54, 1.807) is 26.0 Å². The summed E-state index contributed by atoms with van der Waals surface area (Å²) >= 11 is 0. The summed E-state index contributed by atoms with van der Waals surface area (Å²) in [5.74, 6) is -1.78. The Hall–Kier alpha value is -5.69. The molecule has 6 rings (SSSR count). The largest absolute Gasteiger partial charge is 0.457 e. The van der Waals surface area contributed by atoms with Gasteiger partial charge in [-0.15, -0.1) is 0 Å². The van der Waals surface area contributed by atoms with E-state index in [0.29, 0.717) is 0 Å². The molecule has 19 heteroatoms. The van der Waals surface area contributed by atoms with Crippen LogP contribution in [0.4, 0.5) is 5.95 Å². The molecule has 0 bridgehead atoms. The van der Waals surface area contributed by atoms with Crippen LogP contribution in [0.1, 0.15) is 59.8 Å². The topological polar surface area (TPSA) is 230 Å². The Morgan fingerprint density at radius 1 is 1.05 bits per heavy atom. The first-order valence-corrected chi connectivity index (χ1v) is 22.6. The molecule has 3 aromatic carbocycles. The quantitative estimate of drug-likeness (QED) is 0.0344. The van der Waals surface area contributed by atoms with Crippen LogP contribution in [0.25, 0.3) is 21.6 Å². The average Bonchev–Trinajstić information content (AvgIpc) is 3.74. The molecular weight excluding hydrogens is 809 g/mol. The van der Waals surface area contributed by atoms with Gasteiger partial charge >= 0.3 is 5.97 Å². The van der Waals surface area contributed by atoms with Gasteiger partial charge in [0, 0.05) is 24.2 Å². The molecular formula is C41H48N8O9SSi. The number of aryl methyl sites for hydroxylation is 1. The van der Waals surface area contributed by atoms with E-state index in [0.717, 1.165) is 15.9 Å². The molecule has 60 heavy (non-hydrogen) atoms. The highest BCUT2D eigenvalue weighted by Gasteiger charge is 2.60. The third-order valence-electron chi connectivity index (χ3n) is 10.5. The van der Waals surface area contributed by atoms with E-state index in [4.69, 9.17) is 18.1 Å². The second-order valence-corrected chi connectivity index (χ2v) is 21.9. The van der Waals surface area contributed by atoms with Gasteiger partial charge in [0.05, 0.1) is 24.4 Å². The van der Waals surface area contributed by atoms with Crippen molar-refractivity contribution in [2.24, 2.45) is 11.0 Å². The van der Waals surface area contributed by atoms with Gasteiger partial charge < -0.3 is 13.9 Å². The van der Waals surface area contributed by atoms with Gasteiger partial charge in [-0.2, -0.15) is 13.4 Å². The zero-order chi connectivity index (χ0) is 43.5. The van der Waals surface area contributed by atoms with Crippen molar-refractivity contribution in [1.82, 2.24) is 19.5 Å². The molecule has 0 saturated carbocycles. The number of anilines is 1. The Bertz CT molecular complexity index is 2520. The summed E-state index contributed by atoms with van der Waals surface area (Å²) in [4.78, 5) is 53.2. The highest BCUT2D eigenvalue weighted by molar-refractivity contribution is 7.86. The highest BCUT2D eigenvalue weighted by atomic mass is 32.2. The van der Waals surface area contributed by atoms with Crippen molar-refractivity contribution in [2.45, 2.75) is 88.8 Å². The SMILES string of the molecule is CC(=O)O[C@H]1[C@H](n2cnc3c(=O)[nH]c(NC(=O)C(C)C)nc32)O[C@](CCOS(=O)(=O)c2ccc(C)cc2)(CO[Si](c2ccccc2)(c2ccccc2)C(C)(C)C)[C@H]1N=[N+]=[N-]. The Morgan fingerprint density at radius 2 is 1.67 bits per heavy atom. The third kappa shape index (κ3) is 8.77. The van der Waals surface area contributed by atoms with E-state index in [2.05, 4.69) is 51.1 Å². The lowest BCUT2D eigenvalue weighted by Gasteiger charge is -2.45. The van der Waals surface area contributed by atoms with Crippen molar-refractivity contribution in [1.29, 1.82) is 0 Å². The molecule has 1 fully saturated rings. The standard InChI is InChI=1S/C41H48N8O9SSi/c1-26(2)36(51)45-39-44-35-32(37(52)46-39)43-25-49(35)38-33(57-28(4)50)34(47-48-42)41(58-38,22-23-55-59(53,54)29-20-18-27(3)19-21-29)24-56-60(40(5,6)7,30-14-10-8-11-15-30)31-16-12-9-13-17-31/h8-21,25-26,33-34,38H,22-24H2,1-7H3,(H2,44,45,46,51,52)/t33-,34+,38-,41-/m1/s1. The lowest BCUT2D eigenvalue weighted by molar-refractivity contribution is -0.154. The Balaban J connectivity index is 1.52. The van der Waals surface area contributed by atoms with Gasteiger partial charge in [0.1, 0.15) is 11.6 Å². The molecule has 17 nitrogen and oxygen atoms in total. The van der Waals surface area contributed by atoms with Crippen LogP contribution in [0.2, 0.25) is 5.04 Å². The zero-order valence-corrected chi connectivity index (χ0v) is 36.2. The molecule has 1 amide bonds. The van der Waals surface area contributed by atoms with Crippen LogP contribution in [-0.2, 0) is 37.8 Å². The normalized spacial score (nSPS) is 19.6. The summed E-state index contributed by atoms with van der Waals surface area (Å²) in [6.45, 7) is 11.8. The van der Waals surface area contributed by atoms with Crippen molar-refractivity contribution < 1.29 is 36.1 Å². The van der Waals surface area contributed by atoms with Crippen LogP contribution in [0.3, 0.4) is 0 Å². The Morgan fingerprint density at radius 3 is 2.22 bits per heavy atom. The van der Waals surface area contributed by atoms with Crippen molar-refractivity contribution >= 4 is 57.8 Å². The Kier molecular flexibility index (Phi) is 12.8. The van der Waals surface area contributed by atoms with Gasteiger partial charge in [0.2, 0.25) is 11.9 Å². The lowest BCUT2D eigenvalue weighted by Crippen LogP contribution is -2.68. The second kappa shape index (κ2) is 17.5. The summed E-state index contributed by atoms with van der Waals surface area (Å²) in [5.41, 5.74) is 8.35. The number of fused-ring (bicyclic) bond motifs is 1. The van der Waals surface area contributed by atoms with Gasteiger partial charge in [0.25, 0.3) is 24.0 Å². The number of aromatic nitrogens is 4. The minimum atomic E-state index is -4.30. The van der Waals surface area contributed by atoms with E-state index in [9.17, 15) is 28.3 Å². The number of hydrogen-bond donors (Lipinski definition) is 2. The highest BCUT2D eigenvalue weighted by Crippen LogP contribution is 2.46. The summed E-state index contributed by atoms with van der Waals surface area (Å²) in [5, 5.41) is 8.05. The molecule has 316 valence electrons. The van der Waals surface area contributed by atoms with Gasteiger partial charge in [0.15, 0.2) is 23.5 Å². The number of nitrogens with zero attached hydrogens (tertiary/aromatic N) is 6. The summed E-state index contributed by atoms with van der Waals surface area (Å²) in [6, 6.07) is 24.3. The van der Waals surface area contributed by atoms with Crippen molar-refractivity contribution in [3.8, 4) is 0 Å². The van der Waals surface area contributed by atoms with Crippen LogP contribution >= 0.6 is 0 Å².